The predicted molar refractivity (Wildman–Crippen MR) is 108 cm³/mol. The zero-order chi connectivity index (χ0) is 19.8. The number of carbonyl (C=O) groups excluding carboxylic acids is 1. The van der Waals surface area contributed by atoms with E-state index in [0.29, 0.717) is 17.2 Å². The number of rotatable bonds is 4. The minimum absolute atomic E-state index is 0.253. The average Bonchev–Trinajstić information content (AvgIpc) is 3.47. The number of imidazole rings is 1. The van der Waals surface area contributed by atoms with Gasteiger partial charge in [-0.2, -0.15) is 0 Å². The van der Waals surface area contributed by atoms with Crippen LogP contribution < -0.4 is 10.6 Å². The van der Waals surface area contributed by atoms with E-state index >= 15 is 0 Å². The Morgan fingerprint density at radius 3 is 2.90 bits per heavy atom. The van der Waals surface area contributed by atoms with Crippen LogP contribution in [-0.4, -0.2) is 48.4 Å². The van der Waals surface area contributed by atoms with Crippen LogP contribution in [0.15, 0.2) is 48.9 Å². The van der Waals surface area contributed by atoms with E-state index in [2.05, 4.69) is 30.9 Å². The number of carbonyl (C=O) groups is 1. The lowest BCUT2D eigenvalue weighted by Gasteiger charge is -2.10. The molecule has 2 N–H and O–H groups in total. The van der Waals surface area contributed by atoms with Gasteiger partial charge < -0.3 is 10.6 Å². The first kappa shape index (κ1) is 17.5. The van der Waals surface area contributed by atoms with Crippen molar-refractivity contribution in [2.24, 2.45) is 0 Å². The summed E-state index contributed by atoms with van der Waals surface area (Å²) in [4.78, 5) is 21.4. The van der Waals surface area contributed by atoms with Crippen molar-refractivity contribution in [1.29, 1.82) is 0 Å². The molecule has 3 aromatic heterocycles. The van der Waals surface area contributed by atoms with Gasteiger partial charge in [0, 0.05) is 36.4 Å². The number of hydrogen-bond acceptors (Lipinski definition) is 6. The Hall–Kier alpha value is -3.59. The Labute approximate surface area is 166 Å². The van der Waals surface area contributed by atoms with E-state index in [1.165, 1.54) is 0 Å². The summed E-state index contributed by atoms with van der Waals surface area (Å²) in [6.45, 7) is 3.69. The number of fused-ring (bicyclic) bond motifs is 1. The molecule has 0 bridgehead atoms. The molecule has 1 aliphatic heterocycles. The lowest BCUT2D eigenvalue weighted by Crippen LogP contribution is -2.17. The van der Waals surface area contributed by atoms with Crippen LogP contribution >= 0.6 is 0 Å². The highest BCUT2D eigenvalue weighted by molar-refractivity contribution is 6.03. The molecule has 9 nitrogen and oxygen atoms in total. The summed E-state index contributed by atoms with van der Waals surface area (Å²) < 4.78 is 3.71. The third kappa shape index (κ3) is 3.25. The number of benzene rings is 1. The zero-order valence-electron chi connectivity index (χ0n) is 15.9. The first-order chi connectivity index (χ1) is 14.2. The van der Waals surface area contributed by atoms with E-state index in [1.54, 1.807) is 6.20 Å². The van der Waals surface area contributed by atoms with E-state index < -0.39 is 0 Å². The van der Waals surface area contributed by atoms with Crippen molar-refractivity contribution in [2.75, 3.05) is 18.4 Å². The van der Waals surface area contributed by atoms with Crippen molar-refractivity contribution in [2.45, 2.75) is 19.4 Å². The van der Waals surface area contributed by atoms with Crippen molar-refractivity contribution < 1.29 is 4.79 Å². The second-order valence-corrected chi connectivity index (χ2v) is 7.10. The summed E-state index contributed by atoms with van der Waals surface area (Å²) in [5.74, 6) is 0.389. The van der Waals surface area contributed by atoms with Crippen LogP contribution in [0.1, 0.15) is 28.6 Å². The molecular weight excluding hydrogens is 368 g/mol. The maximum Gasteiger partial charge on any atom is 0.278 e. The minimum Gasteiger partial charge on any atom is -0.321 e. The molecular formula is C20H20N8O. The lowest BCUT2D eigenvalue weighted by molar-refractivity contribution is 0.102. The molecule has 1 aliphatic rings. The van der Waals surface area contributed by atoms with Crippen LogP contribution in [0.25, 0.3) is 17.0 Å². The fraction of sp³-hybridized carbons (Fsp3) is 0.250. The largest absolute Gasteiger partial charge is 0.321 e. The van der Waals surface area contributed by atoms with Crippen LogP contribution in [0.5, 0.6) is 0 Å². The third-order valence-electron chi connectivity index (χ3n) is 5.20. The molecule has 1 amide bonds. The molecule has 146 valence electrons. The molecule has 1 fully saturated rings. The van der Waals surface area contributed by atoms with Crippen molar-refractivity contribution in [3.05, 3.63) is 60.3 Å². The Kier molecular flexibility index (Phi) is 4.28. The molecule has 0 radical (unpaired) electrons. The van der Waals surface area contributed by atoms with E-state index in [0.717, 1.165) is 36.5 Å². The average molecular weight is 388 g/mol. The fourth-order valence-electron chi connectivity index (χ4n) is 3.63. The van der Waals surface area contributed by atoms with E-state index in [1.807, 2.05) is 58.7 Å². The molecule has 1 atom stereocenters. The van der Waals surface area contributed by atoms with Gasteiger partial charge >= 0.3 is 0 Å². The topological polar surface area (TPSA) is 102 Å². The van der Waals surface area contributed by atoms with Gasteiger partial charge in [-0.3, -0.25) is 9.20 Å². The number of amides is 1. The maximum atomic E-state index is 12.7. The molecule has 1 unspecified atom stereocenters. The first-order valence-electron chi connectivity index (χ1n) is 9.53. The van der Waals surface area contributed by atoms with E-state index in [-0.39, 0.29) is 11.9 Å². The van der Waals surface area contributed by atoms with Crippen LogP contribution in [-0.2, 0) is 0 Å². The minimum atomic E-state index is -0.260. The Balaban J connectivity index is 1.32. The Bertz CT molecular complexity index is 1140. The highest BCUT2D eigenvalue weighted by atomic mass is 16.2. The quantitative estimate of drug-likeness (QED) is 0.555. The van der Waals surface area contributed by atoms with Crippen LogP contribution in [0.2, 0.25) is 0 Å². The molecule has 29 heavy (non-hydrogen) atoms. The van der Waals surface area contributed by atoms with Crippen molar-refractivity contribution in [1.82, 2.24) is 34.7 Å². The highest BCUT2D eigenvalue weighted by Gasteiger charge is 2.23. The van der Waals surface area contributed by atoms with Crippen molar-refractivity contribution in [3.63, 3.8) is 0 Å². The molecule has 0 aliphatic carbocycles. The molecule has 9 heteroatoms. The van der Waals surface area contributed by atoms with Gasteiger partial charge in [-0.15, -0.1) is 5.10 Å². The Morgan fingerprint density at radius 1 is 1.28 bits per heavy atom. The van der Waals surface area contributed by atoms with Crippen LogP contribution in [0.3, 0.4) is 0 Å². The van der Waals surface area contributed by atoms with Gasteiger partial charge in [0.1, 0.15) is 0 Å². The van der Waals surface area contributed by atoms with Gasteiger partial charge in [-0.1, -0.05) is 17.3 Å². The monoisotopic (exact) mass is 388 g/mol. The summed E-state index contributed by atoms with van der Waals surface area (Å²) in [6.07, 6.45) is 6.54. The second-order valence-electron chi connectivity index (χ2n) is 7.10. The first-order valence-corrected chi connectivity index (χ1v) is 9.53. The number of anilines is 1. The molecule has 5 rings (SSSR count). The smallest absolute Gasteiger partial charge is 0.278 e. The van der Waals surface area contributed by atoms with Gasteiger partial charge in [0.25, 0.3) is 5.91 Å². The normalized spacial score (nSPS) is 16.4. The standard InChI is InChI=1S/C20H20N8O/c1-13-18(25-26-28(13)16-7-9-21-11-16)19(29)23-15-5-3-14(4-6-15)17-12-27-10-2-8-22-20(27)24-17/h2-6,8,10,12,16,21H,7,9,11H2,1H3,(H,23,29). The third-order valence-corrected chi connectivity index (χ3v) is 5.20. The molecule has 4 heterocycles. The van der Waals surface area contributed by atoms with Gasteiger partial charge in [0.2, 0.25) is 5.78 Å². The van der Waals surface area contributed by atoms with Crippen molar-refractivity contribution >= 4 is 17.4 Å². The van der Waals surface area contributed by atoms with E-state index in [9.17, 15) is 4.79 Å². The van der Waals surface area contributed by atoms with Crippen LogP contribution in [0.4, 0.5) is 5.69 Å². The molecule has 0 saturated carbocycles. The maximum absolute atomic E-state index is 12.7. The van der Waals surface area contributed by atoms with Gasteiger partial charge in [-0.25, -0.2) is 14.6 Å². The fourth-order valence-corrected chi connectivity index (χ4v) is 3.63. The van der Waals surface area contributed by atoms with E-state index in [4.69, 9.17) is 0 Å². The molecule has 4 aromatic rings. The summed E-state index contributed by atoms with van der Waals surface area (Å²) in [5.41, 5.74) is 3.60. The predicted octanol–water partition coefficient (Wildman–Crippen LogP) is 2.08. The summed E-state index contributed by atoms with van der Waals surface area (Å²) in [5, 5.41) is 14.5. The lowest BCUT2D eigenvalue weighted by atomic mass is 10.1. The summed E-state index contributed by atoms with van der Waals surface area (Å²) in [7, 11) is 0. The SMILES string of the molecule is Cc1c(C(=O)Nc2ccc(-c3cn4cccnc4n3)cc2)nnn1C1CCNC1. The summed E-state index contributed by atoms with van der Waals surface area (Å²) >= 11 is 0. The Morgan fingerprint density at radius 2 is 2.14 bits per heavy atom. The number of aromatic nitrogens is 6. The molecule has 0 spiro atoms. The van der Waals surface area contributed by atoms with Gasteiger partial charge in [0.05, 0.1) is 17.4 Å². The summed E-state index contributed by atoms with van der Waals surface area (Å²) in [6, 6.07) is 9.66. The van der Waals surface area contributed by atoms with Crippen molar-refractivity contribution in [3.8, 4) is 11.3 Å². The number of nitrogens with one attached hydrogen (secondary N) is 2. The molecule has 1 saturated heterocycles. The van der Waals surface area contributed by atoms with Gasteiger partial charge in [0.15, 0.2) is 5.69 Å². The zero-order valence-corrected chi connectivity index (χ0v) is 15.9. The van der Waals surface area contributed by atoms with Gasteiger partial charge in [-0.05, 0) is 38.1 Å². The second kappa shape index (κ2) is 7.10. The highest BCUT2D eigenvalue weighted by Crippen LogP contribution is 2.22. The number of nitrogens with zero attached hydrogens (tertiary/aromatic N) is 6. The number of hydrogen-bond donors (Lipinski definition) is 2. The molecule has 1 aromatic carbocycles. The van der Waals surface area contributed by atoms with Crippen LogP contribution in [0, 0.1) is 6.92 Å².